The molecule has 1 aliphatic rings. The molecule has 4 aromatic rings. The van der Waals surface area contributed by atoms with Crippen LogP contribution in [0, 0.1) is 5.92 Å². The SMILES string of the molecule is C[C@@H](C1CCN(c2cccc(C(F)(F)F)c2)CC1)n1ncc2nc(-n3cc(C(=O)O)cn3)[nH]c(=O)c21. The first kappa shape index (κ1) is 23.6. The molecule has 1 aliphatic heterocycles. The standard InChI is InChI=1S/C23H22F3N7O3/c1-13(14-5-7-31(8-6-14)17-4-2-3-16(9-17)23(24,25)26)33-19-18(11-28-33)29-22(30-20(19)34)32-12-15(10-27-32)21(35)36/h2-4,9-14H,5-8H2,1H3,(H,35,36)(H,29,30,34)/t13-/m0/s1. The highest BCUT2D eigenvalue weighted by molar-refractivity contribution is 5.87. The number of nitrogens with one attached hydrogen (secondary N) is 1. The summed E-state index contributed by atoms with van der Waals surface area (Å²) in [5.41, 5.74) is 0.0235. The van der Waals surface area contributed by atoms with E-state index in [1.807, 2.05) is 11.8 Å². The summed E-state index contributed by atoms with van der Waals surface area (Å²) in [4.78, 5) is 33.0. The number of carbonyl (C=O) groups is 1. The molecule has 2 N–H and O–H groups in total. The summed E-state index contributed by atoms with van der Waals surface area (Å²) in [6.07, 6.45) is 0.924. The molecule has 188 valence electrons. The van der Waals surface area contributed by atoms with E-state index >= 15 is 0 Å². The highest BCUT2D eigenvalue weighted by Crippen LogP contribution is 2.35. The van der Waals surface area contributed by atoms with E-state index in [2.05, 4.69) is 20.2 Å². The number of benzene rings is 1. The molecule has 13 heteroatoms. The van der Waals surface area contributed by atoms with E-state index in [1.165, 1.54) is 29.2 Å². The lowest BCUT2D eigenvalue weighted by molar-refractivity contribution is -0.137. The van der Waals surface area contributed by atoms with Gasteiger partial charge < -0.3 is 10.0 Å². The molecule has 10 nitrogen and oxygen atoms in total. The van der Waals surface area contributed by atoms with Crippen LogP contribution < -0.4 is 10.5 Å². The van der Waals surface area contributed by atoms with E-state index in [0.29, 0.717) is 37.1 Å². The van der Waals surface area contributed by atoms with Gasteiger partial charge in [0.15, 0.2) is 5.52 Å². The molecule has 3 aromatic heterocycles. The van der Waals surface area contributed by atoms with Crippen molar-refractivity contribution in [2.45, 2.75) is 32.0 Å². The van der Waals surface area contributed by atoms with Gasteiger partial charge in [-0.15, -0.1) is 0 Å². The molecule has 0 radical (unpaired) electrons. The van der Waals surface area contributed by atoms with Crippen molar-refractivity contribution in [1.29, 1.82) is 0 Å². The first-order valence-electron chi connectivity index (χ1n) is 11.3. The summed E-state index contributed by atoms with van der Waals surface area (Å²) in [7, 11) is 0. The smallest absolute Gasteiger partial charge is 0.416 e. The van der Waals surface area contributed by atoms with Crippen LogP contribution >= 0.6 is 0 Å². The Bertz CT molecular complexity index is 1480. The Labute approximate surface area is 202 Å². The normalized spacial score (nSPS) is 15.9. The predicted molar refractivity (Wildman–Crippen MR) is 123 cm³/mol. The van der Waals surface area contributed by atoms with Gasteiger partial charge in [-0.2, -0.15) is 23.4 Å². The van der Waals surface area contributed by atoms with E-state index in [1.54, 1.807) is 10.7 Å². The molecule has 0 saturated carbocycles. The Kier molecular flexibility index (Phi) is 5.77. The first-order valence-corrected chi connectivity index (χ1v) is 11.3. The molecular formula is C23H22F3N7O3. The maximum Gasteiger partial charge on any atom is 0.416 e. The Hall–Kier alpha value is -4.16. The number of hydrogen-bond donors (Lipinski definition) is 2. The summed E-state index contributed by atoms with van der Waals surface area (Å²) in [5.74, 6) is -0.925. The molecule has 0 unspecified atom stereocenters. The fourth-order valence-corrected chi connectivity index (χ4v) is 4.64. The van der Waals surface area contributed by atoms with Gasteiger partial charge in [0.25, 0.3) is 5.56 Å². The number of alkyl halides is 3. The lowest BCUT2D eigenvalue weighted by Crippen LogP contribution is -2.36. The molecule has 1 fully saturated rings. The van der Waals surface area contributed by atoms with Crippen LogP contribution in [0.3, 0.4) is 0 Å². The number of anilines is 1. The Morgan fingerprint density at radius 3 is 2.61 bits per heavy atom. The number of carboxylic acids is 1. The molecule has 4 heterocycles. The summed E-state index contributed by atoms with van der Waals surface area (Å²) in [6.45, 7) is 3.12. The molecule has 1 saturated heterocycles. The van der Waals surface area contributed by atoms with E-state index in [9.17, 15) is 22.8 Å². The molecule has 1 atom stereocenters. The van der Waals surface area contributed by atoms with Crippen LogP contribution in [0.15, 0.2) is 47.7 Å². The van der Waals surface area contributed by atoms with Crippen LogP contribution in [0.25, 0.3) is 17.0 Å². The number of rotatable bonds is 5. The summed E-state index contributed by atoms with van der Waals surface area (Å²) >= 11 is 0. The van der Waals surface area contributed by atoms with Crippen molar-refractivity contribution in [2.24, 2.45) is 5.92 Å². The molecule has 0 aliphatic carbocycles. The van der Waals surface area contributed by atoms with Crippen molar-refractivity contribution in [1.82, 2.24) is 29.5 Å². The minimum atomic E-state index is -4.39. The number of aromatic amines is 1. The molecule has 0 spiro atoms. The highest BCUT2D eigenvalue weighted by atomic mass is 19.4. The third-order valence-corrected chi connectivity index (χ3v) is 6.64. The molecule has 1 aromatic carbocycles. The average molecular weight is 501 g/mol. The number of aromatic nitrogens is 6. The first-order chi connectivity index (χ1) is 17.1. The Morgan fingerprint density at radius 1 is 1.19 bits per heavy atom. The zero-order chi connectivity index (χ0) is 25.6. The minimum Gasteiger partial charge on any atom is -0.478 e. The van der Waals surface area contributed by atoms with Gasteiger partial charge in [-0.25, -0.2) is 14.5 Å². The summed E-state index contributed by atoms with van der Waals surface area (Å²) < 4.78 is 42.1. The van der Waals surface area contributed by atoms with Gasteiger partial charge in [0.2, 0.25) is 5.95 Å². The monoisotopic (exact) mass is 501 g/mol. The molecule has 5 rings (SSSR count). The van der Waals surface area contributed by atoms with Crippen LogP contribution in [0.1, 0.15) is 41.7 Å². The number of hydrogen-bond acceptors (Lipinski definition) is 6. The second-order valence-electron chi connectivity index (χ2n) is 8.80. The molecule has 0 amide bonds. The maximum absolute atomic E-state index is 13.1. The molecule has 36 heavy (non-hydrogen) atoms. The van der Waals surface area contributed by atoms with Crippen molar-refractivity contribution in [3.8, 4) is 5.95 Å². The van der Waals surface area contributed by atoms with Crippen LogP contribution in [0.4, 0.5) is 18.9 Å². The van der Waals surface area contributed by atoms with Crippen molar-refractivity contribution < 1.29 is 23.1 Å². The van der Waals surface area contributed by atoms with E-state index in [0.717, 1.165) is 12.3 Å². The third-order valence-electron chi connectivity index (χ3n) is 6.64. The van der Waals surface area contributed by atoms with Gasteiger partial charge in [0.05, 0.1) is 29.6 Å². The Morgan fingerprint density at radius 2 is 1.94 bits per heavy atom. The Balaban J connectivity index is 1.33. The molecule has 0 bridgehead atoms. The minimum absolute atomic E-state index is 0.0430. The lowest BCUT2D eigenvalue weighted by Gasteiger charge is -2.36. The average Bonchev–Trinajstić information content (AvgIpc) is 3.51. The van der Waals surface area contributed by atoms with E-state index < -0.39 is 23.3 Å². The largest absolute Gasteiger partial charge is 0.478 e. The van der Waals surface area contributed by atoms with Crippen LogP contribution in [-0.4, -0.2) is 53.7 Å². The van der Waals surface area contributed by atoms with E-state index in [4.69, 9.17) is 5.11 Å². The van der Waals surface area contributed by atoms with Gasteiger partial charge in [-0.1, -0.05) is 6.07 Å². The number of carboxylic acid groups (broad SMARTS) is 1. The van der Waals surface area contributed by atoms with Crippen molar-refractivity contribution in [2.75, 3.05) is 18.0 Å². The number of halogens is 3. The third kappa shape index (κ3) is 4.32. The van der Waals surface area contributed by atoms with Gasteiger partial charge in [-0.05, 0) is 43.9 Å². The number of piperidine rings is 1. The van der Waals surface area contributed by atoms with Crippen LogP contribution in [0.5, 0.6) is 0 Å². The summed E-state index contributed by atoms with van der Waals surface area (Å²) in [6, 6.07) is 5.19. The number of aromatic carboxylic acids is 1. The second-order valence-corrected chi connectivity index (χ2v) is 8.80. The van der Waals surface area contributed by atoms with Crippen molar-refractivity contribution in [3.63, 3.8) is 0 Å². The zero-order valence-electron chi connectivity index (χ0n) is 19.1. The number of nitrogens with zero attached hydrogens (tertiary/aromatic N) is 6. The van der Waals surface area contributed by atoms with Gasteiger partial charge in [-0.3, -0.25) is 14.5 Å². The van der Waals surface area contributed by atoms with E-state index in [-0.39, 0.29) is 29.0 Å². The van der Waals surface area contributed by atoms with Crippen LogP contribution in [0.2, 0.25) is 0 Å². The fraction of sp³-hybridized carbons (Fsp3) is 0.348. The number of H-pyrrole nitrogens is 1. The summed E-state index contributed by atoms with van der Waals surface area (Å²) in [5, 5.41) is 17.4. The van der Waals surface area contributed by atoms with Crippen molar-refractivity contribution >= 4 is 22.7 Å². The fourth-order valence-electron chi connectivity index (χ4n) is 4.64. The lowest BCUT2D eigenvalue weighted by atomic mass is 9.90. The quantitative estimate of drug-likeness (QED) is 0.429. The van der Waals surface area contributed by atoms with Gasteiger partial charge >= 0.3 is 12.1 Å². The van der Waals surface area contributed by atoms with Crippen LogP contribution in [-0.2, 0) is 6.18 Å². The second kappa shape index (κ2) is 8.81. The predicted octanol–water partition coefficient (Wildman–Crippen LogP) is 3.50. The number of fused-ring (bicyclic) bond motifs is 1. The topological polar surface area (TPSA) is 122 Å². The van der Waals surface area contributed by atoms with Crippen molar-refractivity contribution in [3.05, 3.63) is 64.3 Å². The zero-order valence-corrected chi connectivity index (χ0v) is 19.1. The van der Waals surface area contributed by atoms with Gasteiger partial charge in [0.1, 0.15) is 5.52 Å². The highest BCUT2D eigenvalue weighted by Gasteiger charge is 2.32. The van der Waals surface area contributed by atoms with Gasteiger partial charge in [0, 0.05) is 25.0 Å². The maximum atomic E-state index is 13.1. The molecular weight excluding hydrogens is 479 g/mol.